The number of hydrogen-bond donors (Lipinski definition) is 2. The van der Waals surface area contributed by atoms with Crippen LogP contribution < -0.4 is 9.44 Å². The van der Waals surface area contributed by atoms with Gasteiger partial charge in [0.05, 0.1) is 6.04 Å². The lowest BCUT2D eigenvalue weighted by Crippen LogP contribution is -2.23. The summed E-state index contributed by atoms with van der Waals surface area (Å²) in [5, 5.41) is 2.28. The van der Waals surface area contributed by atoms with Gasteiger partial charge in [-0.3, -0.25) is 0 Å². The van der Waals surface area contributed by atoms with Crippen molar-refractivity contribution in [2.75, 3.05) is 6.54 Å². The van der Waals surface area contributed by atoms with E-state index < -0.39 is 10.2 Å². The van der Waals surface area contributed by atoms with Gasteiger partial charge in [-0.15, -0.1) is 0 Å². The van der Waals surface area contributed by atoms with Crippen molar-refractivity contribution in [3.63, 3.8) is 0 Å². The first-order valence-corrected chi connectivity index (χ1v) is 6.88. The highest BCUT2D eigenvalue weighted by Gasteiger charge is 2.26. The Labute approximate surface area is 99.8 Å². The van der Waals surface area contributed by atoms with Crippen molar-refractivity contribution in [2.45, 2.75) is 6.04 Å². The molecule has 3 rings (SSSR count). The van der Waals surface area contributed by atoms with E-state index in [0.717, 1.165) is 16.3 Å². The van der Waals surface area contributed by atoms with E-state index in [9.17, 15) is 8.42 Å². The molecule has 0 aliphatic carbocycles. The maximum Gasteiger partial charge on any atom is 0.277 e. The number of hydrogen-bond acceptors (Lipinski definition) is 2. The molecule has 17 heavy (non-hydrogen) atoms. The molecule has 0 unspecified atom stereocenters. The van der Waals surface area contributed by atoms with Gasteiger partial charge in [0.1, 0.15) is 0 Å². The van der Waals surface area contributed by atoms with Crippen molar-refractivity contribution in [3.05, 3.63) is 48.0 Å². The van der Waals surface area contributed by atoms with Crippen LogP contribution in [0.3, 0.4) is 0 Å². The maximum absolute atomic E-state index is 11.3. The maximum atomic E-state index is 11.3. The van der Waals surface area contributed by atoms with Crippen LogP contribution in [0.1, 0.15) is 11.6 Å². The number of nitrogens with one attached hydrogen (secondary N) is 2. The zero-order valence-electron chi connectivity index (χ0n) is 9.05. The van der Waals surface area contributed by atoms with Crippen LogP contribution in [0.5, 0.6) is 0 Å². The van der Waals surface area contributed by atoms with Gasteiger partial charge in [-0.1, -0.05) is 36.4 Å². The first-order valence-electron chi connectivity index (χ1n) is 5.40. The minimum absolute atomic E-state index is 0.176. The summed E-state index contributed by atoms with van der Waals surface area (Å²) in [7, 11) is -3.30. The van der Waals surface area contributed by atoms with Gasteiger partial charge in [0.15, 0.2) is 0 Å². The van der Waals surface area contributed by atoms with Crippen LogP contribution in [-0.4, -0.2) is 15.0 Å². The monoisotopic (exact) mass is 248 g/mol. The molecule has 0 amide bonds. The molecule has 4 nitrogen and oxygen atoms in total. The molecule has 1 aliphatic rings. The molecular formula is C12H12N2O2S. The summed E-state index contributed by atoms with van der Waals surface area (Å²) in [6.45, 7) is 0.403. The van der Waals surface area contributed by atoms with Gasteiger partial charge < -0.3 is 0 Å². The molecule has 5 heteroatoms. The standard InChI is InChI=1S/C12H12N2O2S/c15-17(16)13-8-12(14-17)11-6-5-9-3-1-2-4-10(9)7-11/h1-7,12-14H,8H2/t12-/m0/s1. The first-order chi connectivity index (χ1) is 8.14. The minimum Gasteiger partial charge on any atom is -0.200 e. The van der Waals surface area contributed by atoms with E-state index in [4.69, 9.17) is 0 Å². The second-order valence-electron chi connectivity index (χ2n) is 4.13. The highest BCUT2D eigenvalue weighted by molar-refractivity contribution is 7.87. The van der Waals surface area contributed by atoms with E-state index >= 15 is 0 Å². The van der Waals surface area contributed by atoms with Gasteiger partial charge in [-0.05, 0) is 22.4 Å². The second kappa shape index (κ2) is 3.80. The largest absolute Gasteiger partial charge is 0.277 e. The fraction of sp³-hybridized carbons (Fsp3) is 0.167. The molecule has 2 N–H and O–H groups in total. The zero-order valence-corrected chi connectivity index (χ0v) is 9.87. The molecule has 0 spiro atoms. The number of rotatable bonds is 1. The smallest absolute Gasteiger partial charge is 0.200 e. The van der Waals surface area contributed by atoms with Crippen molar-refractivity contribution in [1.29, 1.82) is 0 Å². The van der Waals surface area contributed by atoms with Crippen molar-refractivity contribution >= 4 is 21.0 Å². The number of fused-ring (bicyclic) bond motifs is 1. The van der Waals surface area contributed by atoms with Crippen molar-refractivity contribution in [1.82, 2.24) is 9.44 Å². The molecule has 1 aliphatic heterocycles. The quantitative estimate of drug-likeness (QED) is 0.799. The van der Waals surface area contributed by atoms with E-state index in [1.807, 2.05) is 42.5 Å². The first kappa shape index (κ1) is 10.7. The van der Waals surface area contributed by atoms with Gasteiger partial charge in [0, 0.05) is 6.54 Å². The molecule has 2 aromatic rings. The molecule has 0 aromatic heterocycles. The predicted molar refractivity (Wildman–Crippen MR) is 66.7 cm³/mol. The van der Waals surface area contributed by atoms with Crippen molar-refractivity contribution in [2.24, 2.45) is 0 Å². The average molecular weight is 248 g/mol. The number of benzene rings is 2. The zero-order chi connectivity index (χ0) is 11.9. The van der Waals surface area contributed by atoms with Gasteiger partial charge in [0.2, 0.25) is 0 Å². The van der Waals surface area contributed by atoms with Crippen LogP contribution in [0.25, 0.3) is 10.8 Å². The Balaban J connectivity index is 2.02. The van der Waals surface area contributed by atoms with Crippen LogP contribution in [-0.2, 0) is 10.2 Å². The Morgan fingerprint density at radius 3 is 2.53 bits per heavy atom. The lowest BCUT2D eigenvalue weighted by molar-refractivity contribution is 0.583. The molecule has 1 saturated heterocycles. The van der Waals surface area contributed by atoms with Crippen LogP contribution in [0.15, 0.2) is 42.5 Å². The van der Waals surface area contributed by atoms with Crippen LogP contribution in [0.4, 0.5) is 0 Å². The predicted octanol–water partition coefficient (Wildman–Crippen LogP) is 1.32. The van der Waals surface area contributed by atoms with Crippen molar-refractivity contribution < 1.29 is 8.42 Å². The molecule has 88 valence electrons. The van der Waals surface area contributed by atoms with E-state index in [2.05, 4.69) is 9.44 Å². The molecule has 0 bridgehead atoms. The molecule has 0 radical (unpaired) electrons. The average Bonchev–Trinajstić information content (AvgIpc) is 2.69. The summed E-state index contributed by atoms with van der Waals surface area (Å²) in [6.07, 6.45) is 0. The van der Waals surface area contributed by atoms with E-state index in [1.54, 1.807) is 0 Å². The minimum atomic E-state index is -3.30. The van der Waals surface area contributed by atoms with Crippen LogP contribution >= 0.6 is 0 Å². The molecule has 1 heterocycles. The Kier molecular flexibility index (Phi) is 2.39. The summed E-state index contributed by atoms with van der Waals surface area (Å²) in [5.41, 5.74) is 0.984. The van der Waals surface area contributed by atoms with Gasteiger partial charge in [-0.25, -0.2) is 4.72 Å². The normalized spacial score (nSPS) is 22.9. The van der Waals surface area contributed by atoms with E-state index in [1.165, 1.54) is 0 Å². The van der Waals surface area contributed by atoms with Crippen LogP contribution in [0, 0.1) is 0 Å². The molecular weight excluding hydrogens is 236 g/mol. The third-order valence-electron chi connectivity index (χ3n) is 2.95. The van der Waals surface area contributed by atoms with Crippen molar-refractivity contribution in [3.8, 4) is 0 Å². The summed E-state index contributed by atoms with van der Waals surface area (Å²) in [5.74, 6) is 0. The second-order valence-corrected chi connectivity index (χ2v) is 5.66. The molecule has 1 fully saturated rings. The van der Waals surface area contributed by atoms with E-state index in [0.29, 0.717) is 6.54 Å². The Morgan fingerprint density at radius 1 is 1.06 bits per heavy atom. The SMILES string of the molecule is O=S1(=O)NC[C@@H](c2ccc3ccccc3c2)N1. The highest BCUT2D eigenvalue weighted by atomic mass is 32.2. The third-order valence-corrected chi connectivity index (χ3v) is 4.09. The van der Waals surface area contributed by atoms with Gasteiger partial charge >= 0.3 is 0 Å². The molecule has 1 atom stereocenters. The lowest BCUT2D eigenvalue weighted by atomic mass is 10.0. The summed E-state index contributed by atoms with van der Waals surface area (Å²) < 4.78 is 27.5. The lowest BCUT2D eigenvalue weighted by Gasteiger charge is -2.09. The van der Waals surface area contributed by atoms with Gasteiger partial charge in [-0.2, -0.15) is 13.1 Å². The summed E-state index contributed by atoms with van der Waals surface area (Å²) in [6, 6.07) is 13.8. The fourth-order valence-corrected chi connectivity index (χ4v) is 3.14. The van der Waals surface area contributed by atoms with Gasteiger partial charge in [0.25, 0.3) is 10.2 Å². The Morgan fingerprint density at radius 2 is 1.82 bits per heavy atom. The Hall–Kier alpha value is -1.43. The van der Waals surface area contributed by atoms with Crippen LogP contribution in [0.2, 0.25) is 0 Å². The Bertz CT molecular complexity index is 667. The molecule has 0 saturated carbocycles. The summed E-state index contributed by atoms with van der Waals surface area (Å²) in [4.78, 5) is 0. The fourth-order valence-electron chi connectivity index (χ4n) is 2.07. The highest BCUT2D eigenvalue weighted by Crippen LogP contribution is 2.22. The van der Waals surface area contributed by atoms with E-state index in [-0.39, 0.29) is 6.04 Å². The topological polar surface area (TPSA) is 58.2 Å². The molecule has 2 aromatic carbocycles. The third kappa shape index (κ3) is 2.04. The summed E-state index contributed by atoms with van der Waals surface area (Å²) >= 11 is 0.